The van der Waals surface area contributed by atoms with Gasteiger partial charge in [0.25, 0.3) is 0 Å². The summed E-state index contributed by atoms with van der Waals surface area (Å²) in [7, 11) is 0. The largest absolute Gasteiger partial charge is 0.463 e. The van der Waals surface area contributed by atoms with E-state index in [0.29, 0.717) is 0 Å². The maximum atomic E-state index is 12.4. The standard InChI is InChI=1S/C15H19F3N2O7S/c1-6(21)24-4-9-11(25-7(2)22)12(26-8(3)23)10-13(27-9)28-14(20-10)19-5-15(16,17)18/h9-13H,4-5H2,1-3H3,(H,19,20)/t9-,10-,11-,12-,13-/m1/s1. The van der Waals surface area contributed by atoms with Gasteiger partial charge in [-0.05, 0) is 0 Å². The molecule has 0 aromatic carbocycles. The van der Waals surface area contributed by atoms with E-state index in [9.17, 15) is 27.6 Å². The van der Waals surface area contributed by atoms with E-state index in [1.807, 2.05) is 0 Å². The fraction of sp³-hybridized carbons (Fsp3) is 0.733. The Bertz CT molecular complexity index is 658. The number of amidine groups is 1. The van der Waals surface area contributed by atoms with Crippen molar-refractivity contribution in [1.29, 1.82) is 0 Å². The van der Waals surface area contributed by atoms with E-state index in [2.05, 4.69) is 10.3 Å². The first-order valence-corrected chi connectivity index (χ1v) is 9.02. The van der Waals surface area contributed by atoms with Crippen LogP contribution in [0.15, 0.2) is 4.99 Å². The Morgan fingerprint density at radius 1 is 1.11 bits per heavy atom. The molecule has 0 aliphatic carbocycles. The summed E-state index contributed by atoms with van der Waals surface area (Å²) in [6.07, 6.45) is -7.74. The summed E-state index contributed by atoms with van der Waals surface area (Å²) in [4.78, 5) is 38.2. The highest BCUT2D eigenvalue weighted by Crippen LogP contribution is 2.38. The second-order valence-corrected chi connectivity index (χ2v) is 7.09. The van der Waals surface area contributed by atoms with Gasteiger partial charge in [-0.25, -0.2) is 0 Å². The van der Waals surface area contributed by atoms with Crippen LogP contribution < -0.4 is 5.32 Å². The van der Waals surface area contributed by atoms with Crippen LogP contribution in [0, 0.1) is 0 Å². The van der Waals surface area contributed by atoms with Crippen LogP contribution >= 0.6 is 11.8 Å². The number of nitrogens with zero attached hydrogens (tertiary/aromatic N) is 1. The Hall–Kier alpha value is -2.02. The third-order valence-electron chi connectivity index (χ3n) is 3.60. The molecule has 1 fully saturated rings. The minimum absolute atomic E-state index is 0.0563. The second-order valence-electron chi connectivity index (χ2n) is 6.01. The lowest BCUT2D eigenvalue weighted by Gasteiger charge is -2.41. The van der Waals surface area contributed by atoms with E-state index in [-0.39, 0.29) is 11.8 Å². The predicted molar refractivity (Wildman–Crippen MR) is 89.3 cm³/mol. The molecule has 13 heteroatoms. The van der Waals surface area contributed by atoms with Crippen LogP contribution in [0.25, 0.3) is 0 Å². The van der Waals surface area contributed by atoms with Crippen molar-refractivity contribution in [3.05, 3.63) is 0 Å². The van der Waals surface area contributed by atoms with Gasteiger partial charge < -0.3 is 24.3 Å². The van der Waals surface area contributed by atoms with Crippen LogP contribution in [0.3, 0.4) is 0 Å². The van der Waals surface area contributed by atoms with Crippen LogP contribution in [0.1, 0.15) is 20.8 Å². The molecule has 0 amide bonds. The van der Waals surface area contributed by atoms with E-state index < -0.39 is 60.4 Å². The summed E-state index contributed by atoms with van der Waals surface area (Å²) in [6, 6.07) is -0.914. The Morgan fingerprint density at radius 3 is 2.25 bits per heavy atom. The lowest BCUT2D eigenvalue weighted by Crippen LogP contribution is -2.59. The molecule has 1 N–H and O–H groups in total. The van der Waals surface area contributed by atoms with Crippen molar-refractivity contribution >= 4 is 34.8 Å². The van der Waals surface area contributed by atoms with E-state index in [1.54, 1.807) is 0 Å². The van der Waals surface area contributed by atoms with Gasteiger partial charge in [-0.3, -0.25) is 19.4 Å². The predicted octanol–water partition coefficient (Wildman–Crippen LogP) is 0.761. The molecule has 0 aromatic heterocycles. The van der Waals surface area contributed by atoms with Gasteiger partial charge >= 0.3 is 24.1 Å². The molecule has 2 heterocycles. The molecule has 9 nitrogen and oxygen atoms in total. The SMILES string of the molecule is CC(=O)OC[C@H]1O[C@@H]2SC(NCC(F)(F)F)=N[C@@H]2[C@@H](OC(C)=O)[C@@H]1OC(C)=O. The van der Waals surface area contributed by atoms with Gasteiger partial charge in [0.1, 0.15) is 30.7 Å². The summed E-state index contributed by atoms with van der Waals surface area (Å²) in [6.45, 7) is 1.82. The zero-order valence-electron chi connectivity index (χ0n) is 15.1. The quantitative estimate of drug-likeness (QED) is 0.501. The zero-order valence-corrected chi connectivity index (χ0v) is 16.0. The van der Waals surface area contributed by atoms with Gasteiger partial charge in [0.2, 0.25) is 0 Å². The van der Waals surface area contributed by atoms with Crippen molar-refractivity contribution < 1.29 is 46.5 Å². The number of halogens is 3. The number of thioether (sulfide) groups is 1. The number of nitrogens with one attached hydrogen (secondary N) is 1. The maximum Gasteiger partial charge on any atom is 0.405 e. The van der Waals surface area contributed by atoms with Crippen LogP contribution in [0.4, 0.5) is 13.2 Å². The summed E-state index contributed by atoms with van der Waals surface area (Å²) < 4.78 is 58.4. The molecule has 1 saturated heterocycles. The third kappa shape index (κ3) is 6.26. The number of fused-ring (bicyclic) bond motifs is 1. The van der Waals surface area contributed by atoms with Crippen molar-refractivity contribution in [2.45, 2.75) is 56.7 Å². The number of carbonyl (C=O) groups excluding carboxylic acids is 3. The smallest absolute Gasteiger partial charge is 0.405 e. The lowest BCUT2D eigenvalue weighted by molar-refractivity contribution is -0.208. The molecule has 2 aliphatic rings. The van der Waals surface area contributed by atoms with Crippen molar-refractivity contribution in [3.8, 4) is 0 Å². The minimum atomic E-state index is -4.45. The Balaban J connectivity index is 2.24. The highest BCUT2D eigenvalue weighted by Gasteiger charge is 2.53. The summed E-state index contributed by atoms with van der Waals surface area (Å²) in [5, 5.41) is 2.09. The Morgan fingerprint density at radius 2 is 1.71 bits per heavy atom. The molecule has 0 aromatic rings. The van der Waals surface area contributed by atoms with Gasteiger partial charge in [0.15, 0.2) is 17.4 Å². The van der Waals surface area contributed by atoms with Gasteiger partial charge in [0.05, 0.1) is 0 Å². The van der Waals surface area contributed by atoms with Gasteiger partial charge in [-0.1, -0.05) is 11.8 Å². The molecule has 0 bridgehead atoms. The first-order chi connectivity index (χ1) is 13.0. The summed E-state index contributed by atoms with van der Waals surface area (Å²) in [5.74, 6) is -2.02. The van der Waals surface area contributed by atoms with Crippen molar-refractivity contribution in [1.82, 2.24) is 5.32 Å². The average molecular weight is 428 g/mol. The number of alkyl halides is 3. The van der Waals surface area contributed by atoms with Gasteiger partial charge in [0, 0.05) is 20.8 Å². The molecule has 5 atom stereocenters. The number of rotatable bonds is 5. The van der Waals surface area contributed by atoms with E-state index in [1.165, 1.54) is 6.92 Å². The Labute approximate surface area is 162 Å². The van der Waals surface area contributed by atoms with Crippen LogP contribution in [-0.4, -0.2) is 72.2 Å². The summed E-state index contributed by atoms with van der Waals surface area (Å²) in [5.41, 5.74) is -0.826. The molecule has 0 unspecified atom stereocenters. The number of aliphatic imine (C=N–C) groups is 1. The molecule has 0 saturated carbocycles. The molecule has 158 valence electrons. The minimum Gasteiger partial charge on any atom is -0.463 e. The zero-order chi connectivity index (χ0) is 21.1. The first kappa shape index (κ1) is 22.3. The molecule has 0 spiro atoms. The Kier molecular flexibility index (Phi) is 7.15. The molecule has 0 radical (unpaired) electrons. The van der Waals surface area contributed by atoms with Crippen molar-refractivity contribution in [3.63, 3.8) is 0 Å². The van der Waals surface area contributed by atoms with Gasteiger partial charge in [-0.15, -0.1) is 0 Å². The number of carbonyl (C=O) groups is 3. The number of hydrogen-bond donors (Lipinski definition) is 1. The molecule has 2 rings (SSSR count). The number of ether oxygens (including phenoxy) is 4. The number of hydrogen-bond acceptors (Lipinski definition) is 10. The van der Waals surface area contributed by atoms with Crippen LogP contribution in [0.2, 0.25) is 0 Å². The highest BCUT2D eigenvalue weighted by atomic mass is 32.2. The average Bonchev–Trinajstić information content (AvgIpc) is 2.95. The molecule has 28 heavy (non-hydrogen) atoms. The third-order valence-corrected chi connectivity index (χ3v) is 4.70. The second kappa shape index (κ2) is 8.99. The van der Waals surface area contributed by atoms with Crippen molar-refractivity contribution in [2.24, 2.45) is 4.99 Å². The van der Waals surface area contributed by atoms with E-state index >= 15 is 0 Å². The monoisotopic (exact) mass is 428 g/mol. The molecular formula is C15H19F3N2O7S. The number of esters is 3. The normalized spacial score (nSPS) is 29.4. The van der Waals surface area contributed by atoms with Crippen molar-refractivity contribution in [2.75, 3.05) is 13.2 Å². The summed E-state index contributed by atoms with van der Waals surface area (Å²) >= 11 is 0.869. The first-order valence-electron chi connectivity index (χ1n) is 8.14. The highest BCUT2D eigenvalue weighted by molar-refractivity contribution is 8.14. The van der Waals surface area contributed by atoms with Crippen LogP contribution in [0.5, 0.6) is 0 Å². The maximum absolute atomic E-state index is 12.4. The topological polar surface area (TPSA) is 113 Å². The fourth-order valence-electron chi connectivity index (χ4n) is 2.66. The molecule has 2 aliphatic heterocycles. The fourth-order valence-corrected chi connectivity index (χ4v) is 3.77. The lowest BCUT2D eigenvalue weighted by atomic mass is 9.98. The van der Waals surface area contributed by atoms with E-state index in [0.717, 1.165) is 25.6 Å². The van der Waals surface area contributed by atoms with Crippen LogP contribution in [-0.2, 0) is 33.3 Å². The van der Waals surface area contributed by atoms with Gasteiger partial charge in [-0.2, -0.15) is 13.2 Å². The molecular weight excluding hydrogens is 409 g/mol. The van der Waals surface area contributed by atoms with E-state index in [4.69, 9.17) is 18.9 Å².